The number of hydrogen-bond acceptors (Lipinski definition) is 2. The van der Waals surface area contributed by atoms with Crippen molar-refractivity contribution in [1.82, 2.24) is 5.32 Å². The van der Waals surface area contributed by atoms with E-state index in [1.807, 2.05) is 62.4 Å². The molecule has 0 heterocycles. The van der Waals surface area contributed by atoms with Gasteiger partial charge in [0.1, 0.15) is 12.4 Å². The Morgan fingerprint density at radius 1 is 1.23 bits per heavy atom. The normalized spacial score (nSPS) is 11.6. The van der Waals surface area contributed by atoms with Crippen LogP contribution in [0.4, 0.5) is 5.69 Å². The first-order chi connectivity index (χ1) is 10.5. The molecule has 2 aromatic rings. The number of thiocarbonyl (C=S) groups is 1. The van der Waals surface area contributed by atoms with E-state index in [2.05, 4.69) is 26.6 Å². The first-order valence-electron chi connectivity index (χ1n) is 7.06. The summed E-state index contributed by atoms with van der Waals surface area (Å²) in [5.41, 5.74) is 2.07. The SMILES string of the molecule is Cc1ccccc1OC[C@H](C)NC(=S)Nc1cccc(Br)c1. The van der Waals surface area contributed by atoms with E-state index in [4.69, 9.17) is 17.0 Å². The largest absolute Gasteiger partial charge is 0.491 e. The molecule has 2 N–H and O–H groups in total. The van der Waals surface area contributed by atoms with Gasteiger partial charge in [0.15, 0.2) is 5.11 Å². The van der Waals surface area contributed by atoms with Crippen molar-refractivity contribution >= 4 is 38.9 Å². The van der Waals surface area contributed by atoms with Crippen LogP contribution in [0.3, 0.4) is 0 Å². The van der Waals surface area contributed by atoms with E-state index in [0.717, 1.165) is 21.5 Å². The first kappa shape index (κ1) is 16.8. The highest BCUT2D eigenvalue weighted by Crippen LogP contribution is 2.17. The zero-order valence-electron chi connectivity index (χ0n) is 12.6. The third-order valence-corrected chi connectivity index (χ3v) is 3.76. The minimum Gasteiger partial charge on any atom is -0.491 e. The quantitative estimate of drug-likeness (QED) is 0.749. The number of benzene rings is 2. The van der Waals surface area contributed by atoms with Crippen LogP contribution in [0.2, 0.25) is 0 Å². The number of aryl methyl sites for hydroxylation is 1. The Morgan fingerprint density at radius 2 is 2.00 bits per heavy atom. The third kappa shape index (κ3) is 5.31. The highest BCUT2D eigenvalue weighted by molar-refractivity contribution is 9.10. The first-order valence-corrected chi connectivity index (χ1v) is 8.26. The molecule has 0 radical (unpaired) electrons. The van der Waals surface area contributed by atoms with Crippen molar-refractivity contribution in [3.63, 3.8) is 0 Å². The van der Waals surface area contributed by atoms with Crippen molar-refractivity contribution in [2.24, 2.45) is 0 Å². The molecule has 116 valence electrons. The van der Waals surface area contributed by atoms with Crippen LogP contribution in [0.15, 0.2) is 53.0 Å². The summed E-state index contributed by atoms with van der Waals surface area (Å²) in [5, 5.41) is 6.96. The van der Waals surface area contributed by atoms with Gasteiger partial charge in [-0.2, -0.15) is 0 Å². The van der Waals surface area contributed by atoms with Crippen LogP contribution in [0.1, 0.15) is 12.5 Å². The van der Waals surface area contributed by atoms with E-state index in [9.17, 15) is 0 Å². The molecule has 0 spiro atoms. The summed E-state index contributed by atoms with van der Waals surface area (Å²) >= 11 is 8.76. The molecule has 0 fully saturated rings. The van der Waals surface area contributed by atoms with Crippen molar-refractivity contribution < 1.29 is 4.74 Å². The smallest absolute Gasteiger partial charge is 0.171 e. The van der Waals surface area contributed by atoms with Crippen molar-refractivity contribution in [1.29, 1.82) is 0 Å². The molecule has 22 heavy (non-hydrogen) atoms. The summed E-state index contributed by atoms with van der Waals surface area (Å²) in [7, 11) is 0. The fourth-order valence-electron chi connectivity index (χ4n) is 1.93. The second-order valence-electron chi connectivity index (χ2n) is 5.09. The van der Waals surface area contributed by atoms with Gasteiger partial charge in [-0.15, -0.1) is 0 Å². The summed E-state index contributed by atoms with van der Waals surface area (Å²) in [6.45, 7) is 4.62. The lowest BCUT2D eigenvalue weighted by molar-refractivity contribution is 0.285. The molecule has 3 nitrogen and oxygen atoms in total. The van der Waals surface area contributed by atoms with Crippen LogP contribution in [0, 0.1) is 6.92 Å². The summed E-state index contributed by atoms with van der Waals surface area (Å²) in [5.74, 6) is 0.905. The monoisotopic (exact) mass is 378 g/mol. The molecule has 0 bridgehead atoms. The summed E-state index contributed by atoms with van der Waals surface area (Å²) in [6.07, 6.45) is 0. The predicted molar refractivity (Wildman–Crippen MR) is 99.6 cm³/mol. The number of anilines is 1. The average molecular weight is 379 g/mol. The average Bonchev–Trinajstić information content (AvgIpc) is 2.46. The van der Waals surface area contributed by atoms with Gasteiger partial charge < -0.3 is 15.4 Å². The molecule has 0 aromatic heterocycles. The number of ether oxygens (including phenoxy) is 1. The van der Waals surface area contributed by atoms with Crippen LogP contribution in [0.25, 0.3) is 0 Å². The van der Waals surface area contributed by atoms with E-state index < -0.39 is 0 Å². The van der Waals surface area contributed by atoms with Crippen LogP contribution in [0.5, 0.6) is 5.75 Å². The highest BCUT2D eigenvalue weighted by atomic mass is 79.9. The summed E-state index contributed by atoms with van der Waals surface area (Å²) in [4.78, 5) is 0. The number of nitrogens with one attached hydrogen (secondary N) is 2. The van der Waals surface area contributed by atoms with Gasteiger partial charge in [-0.1, -0.05) is 40.2 Å². The van der Waals surface area contributed by atoms with Gasteiger partial charge in [-0.25, -0.2) is 0 Å². The Hall–Kier alpha value is -1.59. The van der Waals surface area contributed by atoms with Crippen molar-refractivity contribution in [3.05, 3.63) is 58.6 Å². The predicted octanol–water partition coefficient (Wildman–Crippen LogP) is 4.51. The maximum absolute atomic E-state index is 5.81. The van der Waals surface area contributed by atoms with Crippen LogP contribution >= 0.6 is 28.1 Å². The van der Waals surface area contributed by atoms with E-state index in [1.165, 1.54) is 0 Å². The van der Waals surface area contributed by atoms with Gasteiger partial charge in [0.05, 0.1) is 6.04 Å². The molecular formula is C17H19BrN2OS. The fraction of sp³-hybridized carbons (Fsp3) is 0.235. The van der Waals surface area contributed by atoms with Crippen molar-refractivity contribution in [2.45, 2.75) is 19.9 Å². The highest BCUT2D eigenvalue weighted by Gasteiger charge is 2.06. The fourth-order valence-corrected chi connectivity index (χ4v) is 2.65. The van der Waals surface area contributed by atoms with E-state index >= 15 is 0 Å². The Morgan fingerprint density at radius 3 is 2.73 bits per heavy atom. The molecule has 2 rings (SSSR count). The molecule has 0 aliphatic rings. The zero-order valence-corrected chi connectivity index (χ0v) is 15.0. The standard InChI is InChI=1S/C17H19BrN2OS/c1-12-6-3-4-9-16(12)21-11-13(2)19-17(22)20-15-8-5-7-14(18)10-15/h3-10,13H,11H2,1-2H3,(H2,19,20,22)/t13-/m0/s1. The molecule has 0 saturated carbocycles. The molecule has 0 amide bonds. The Kier molecular flexibility index (Phi) is 6.21. The molecular weight excluding hydrogens is 360 g/mol. The van der Waals surface area contributed by atoms with Crippen LogP contribution in [-0.4, -0.2) is 17.8 Å². The van der Waals surface area contributed by atoms with Gasteiger partial charge in [-0.05, 0) is 55.9 Å². The van der Waals surface area contributed by atoms with Gasteiger partial charge in [0.25, 0.3) is 0 Å². The summed E-state index contributed by atoms with van der Waals surface area (Å²) < 4.78 is 6.82. The molecule has 0 unspecified atom stereocenters. The maximum atomic E-state index is 5.81. The third-order valence-electron chi connectivity index (χ3n) is 3.04. The minimum atomic E-state index is 0.103. The Balaban J connectivity index is 1.80. The van der Waals surface area contributed by atoms with E-state index in [1.54, 1.807) is 0 Å². The van der Waals surface area contributed by atoms with Gasteiger partial charge in [0, 0.05) is 10.2 Å². The molecule has 0 saturated heterocycles. The van der Waals surface area contributed by atoms with Gasteiger partial charge in [-0.3, -0.25) is 0 Å². The molecule has 5 heteroatoms. The number of halogens is 1. The van der Waals surface area contributed by atoms with E-state index in [-0.39, 0.29) is 6.04 Å². The number of para-hydroxylation sites is 1. The van der Waals surface area contributed by atoms with Gasteiger partial charge >= 0.3 is 0 Å². The van der Waals surface area contributed by atoms with Crippen molar-refractivity contribution in [2.75, 3.05) is 11.9 Å². The minimum absolute atomic E-state index is 0.103. The van der Waals surface area contributed by atoms with Gasteiger partial charge in [0.2, 0.25) is 0 Å². The second kappa shape index (κ2) is 8.15. The molecule has 0 aliphatic carbocycles. The topological polar surface area (TPSA) is 33.3 Å². The van der Waals surface area contributed by atoms with E-state index in [0.29, 0.717) is 11.7 Å². The maximum Gasteiger partial charge on any atom is 0.171 e. The Labute approximate surface area is 145 Å². The van der Waals surface area contributed by atoms with Crippen LogP contribution < -0.4 is 15.4 Å². The lowest BCUT2D eigenvalue weighted by Gasteiger charge is -2.18. The summed E-state index contributed by atoms with van der Waals surface area (Å²) in [6, 6.07) is 16.0. The zero-order chi connectivity index (χ0) is 15.9. The lowest BCUT2D eigenvalue weighted by atomic mass is 10.2. The molecule has 0 aliphatic heterocycles. The Bertz CT molecular complexity index is 648. The van der Waals surface area contributed by atoms with Crippen LogP contribution in [-0.2, 0) is 0 Å². The second-order valence-corrected chi connectivity index (χ2v) is 6.41. The van der Waals surface area contributed by atoms with Crippen molar-refractivity contribution in [3.8, 4) is 5.75 Å². The lowest BCUT2D eigenvalue weighted by Crippen LogP contribution is -2.39. The number of hydrogen-bond donors (Lipinski definition) is 2. The molecule has 2 aromatic carbocycles. The number of rotatable bonds is 5. The molecule has 1 atom stereocenters.